The molecule has 1 aromatic carbocycles. The van der Waals surface area contributed by atoms with Gasteiger partial charge in [-0.3, -0.25) is 14.4 Å². The number of carbonyl (C=O) groups excluding carboxylic acids is 3. The molecule has 0 spiro atoms. The molecule has 7 nitrogen and oxygen atoms in total. The van der Waals surface area contributed by atoms with E-state index in [2.05, 4.69) is 10.6 Å². The van der Waals surface area contributed by atoms with E-state index in [1.165, 1.54) is 6.42 Å². The van der Waals surface area contributed by atoms with Crippen molar-refractivity contribution in [3.63, 3.8) is 0 Å². The molecule has 0 atom stereocenters. The zero-order valence-electron chi connectivity index (χ0n) is 14.8. The predicted molar refractivity (Wildman–Crippen MR) is 103 cm³/mol. The van der Waals surface area contributed by atoms with Crippen molar-refractivity contribution < 1.29 is 14.4 Å². The van der Waals surface area contributed by atoms with Crippen molar-refractivity contribution in [1.29, 1.82) is 0 Å². The molecule has 0 radical (unpaired) electrons. The first-order valence-electron chi connectivity index (χ1n) is 8.61. The second kappa shape index (κ2) is 10.1. The van der Waals surface area contributed by atoms with Crippen LogP contribution in [0, 0.1) is 5.41 Å². The lowest BCUT2D eigenvalue weighted by Crippen LogP contribution is -2.36. The van der Waals surface area contributed by atoms with Crippen molar-refractivity contribution in [3.05, 3.63) is 29.8 Å². The summed E-state index contributed by atoms with van der Waals surface area (Å²) in [4.78, 5) is 35.1. The Hall–Kier alpha value is -2.12. The summed E-state index contributed by atoms with van der Waals surface area (Å²) in [6, 6.07) is 6.57. The normalized spacial score (nSPS) is 15.4. The SMILES string of the molecule is Cl.NCC1(CC(=O)Nc2cccc(C(=O)NCC(N)=O)c2)CCCCC1. The second-order valence-corrected chi connectivity index (χ2v) is 6.72. The molecular formula is C18H27ClN4O3. The van der Waals surface area contributed by atoms with Gasteiger partial charge in [0.05, 0.1) is 6.54 Å². The molecule has 0 unspecified atom stereocenters. The summed E-state index contributed by atoms with van der Waals surface area (Å²) in [7, 11) is 0. The van der Waals surface area contributed by atoms with Gasteiger partial charge in [-0.1, -0.05) is 25.3 Å². The first-order chi connectivity index (χ1) is 11.9. The highest BCUT2D eigenvalue weighted by molar-refractivity contribution is 5.98. The lowest BCUT2D eigenvalue weighted by molar-refractivity contribution is -0.119. The molecule has 0 saturated heterocycles. The lowest BCUT2D eigenvalue weighted by Gasteiger charge is -2.35. The highest BCUT2D eigenvalue weighted by Gasteiger charge is 2.32. The molecular weight excluding hydrogens is 356 g/mol. The molecule has 0 bridgehead atoms. The Kier molecular flexibility index (Phi) is 8.54. The summed E-state index contributed by atoms with van der Waals surface area (Å²) in [6.07, 6.45) is 5.77. The Morgan fingerprint density at radius 1 is 1.12 bits per heavy atom. The summed E-state index contributed by atoms with van der Waals surface area (Å²) in [5.74, 6) is -1.12. The molecule has 1 aliphatic carbocycles. The third-order valence-corrected chi connectivity index (χ3v) is 4.71. The van der Waals surface area contributed by atoms with Gasteiger partial charge in [-0.15, -0.1) is 12.4 Å². The number of hydrogen-bond acceptors (Lipinski definition) is 4. The van der Waals surface area contributed by atoms with Crippen LogP contribution >= 0.6 is 12.4 Å². The third kappa shape index (κ3) is 6.31. The first-order valence-corrected chi connectivity index (χ1v) is 8.61. The number of nitrogens with one attached hydrogen (secondary N) is 2. The maximum absolute atomic E-state index is 12.4. The number of anilines is 1. The number of amides is 3. The number of halogens is 1. The van der Waals surface area contributed by atoms with Crippen molar-refractivity contribution in [3.8, 4) is 0 Å². The van der Waals surface area contributed by atoms with Crippen molar-refractivity contribution in [2.24, 2.45) is 16.9 Å². The Labute approximate surface area is 159 Å². The van der Waals surface area contributed by atoms with Crippen molar-refractivity contribution in [1.82, 2.24) is 5.32 Å². The number of rotatable bonds is 7. The zero-order valence-corrected chi connectivity index (χ0v) is 15.6. The Balaban J connectivity index is 0.00000338. The summed E-state index contributed by atoms with van der Waals surface area (Å²) >= 11 is 0. The van der Waals surface area contributed by atoms with Crippen LogP contribution in [0.2, 0.25) is 0 Å². The highest BCUT2D eigenvalue weighted by atomic mass is 35.5. The van der Waals surface area contributed by atoms with E-state index in [-0.39, 0.29) is 30.3 Å². The molecule has 1 aromatic rings. The molecule has 144 valence electrons. The van der Waals surface area contributed by atoms with Gasteiger partial charge in [0.25, 0.3) is 5.91 Å². The number of benzene rings is 1. The van der Waals surface area contributed by atoms with Crippen LogP contribution in [0.5, 0.6) is 0 Å². The van der Waals surface area contributed by atoms with Crippen molar-refractivity contribution in [2.45, 2.75) is 38.5 Å². The number of nitrogens with two attached hydrogens (primary N) is 2. The summed E-state index contributed by atoms with van der Waals surface area (Å²) in [6.45, 7) is 0.282. The van der Waals surface area contributed by atoms with Gasteiger partial charge in [-0.05, 0) is 43.0 Å². The average Bonchev–Trinajstić information content (AvgIpc) is 2.60. The molecule has 6 N–H and O–H groups in total. The maximum atomic E-state index is 12.4. The van der Waals surface area contributed by atoms with E-state index >= 15 is 0 Å². The topological polar surface area (TPSA) is 127 Å². The van der Waals surface area contributed by atoms with E-state index in [0.717, 1.165) is 25.7 Å². The molecule has 3 amide bonds. The standard InChI is InChI=1S/C18H26N4O3.ClH/c19-12-18(7-2-1-3-8-18)10-16(24)22-14-6-4-5-13(9-14)17(25)21-11-15(20)23;/h4-6,9H,1-3,7-8,10-12,19H2,(H2,20,23)(H,21,25)(H,22,24);1H. The van der Waals surface area contributed by atoms with Crippen LogP contribution in [0.15, 0.2) is 24.3 Å². The summed E-state index contributed by atoms with van der Waals surface area (Å²) in [5, 5.41) is 5.26. The lowest BCUT2D eigenvalue weighted by atomic mass is 9.71. The van der Waals surface area contributed by atoms with Gasteiger partial charge in [0.15, 0.2) is 0 Å². The molecule has 0 aliphatic heterocycles. The monoisotopic (exact) mass is 382 g/mol. The highest BCUT2D eigenvalue weighted by Crippen LogP contribution is 2.38. The minimum atomic E-state index is -0.614. The molecule has 0 aromatic heterocycles. The van der Waals surface area contributed by atoms with Gasteiger partial charge in [0.2, 0.25) is 11.8 Å². The van der Waals surface area contributed by atoms with Crippen LogP contribution in [0.3, 0.4) is 0 Å². The van der Waals surface area contributed by atoms with Gasteiger partial charge in [0.1, 0.15) is 0 Å². The van der Waals surface area contributed by atoms with E-state index < -0.39 is 11.8 Å². The molecule has 1 fully saturated rings. The number of hydrogen-bond donors (Lipinski definition) is 4. The first kappa shape index (κ1) is 21.9. The minimum absolute atomic E-state index is 0. The van der Waals surface area contributed by atoms with Gasteiger partial charge < -0.3 is 22.1 Å². The average molecular weight is 383 g/mol. The fourth-order valence-corrected chi connectivity index (χ4v) is 3.31. The molecule has 8 heteroatoms. The quantitative estimate of drug-likeness (QED) is 0.570. The second-order valence-electron chi connectivity index (χ2n) is 6.72. The predicted octanol–water partition coefficient (Wildman–Crippen LogP) is 1.56. The van der Waals surface area contributed by atoms with Crippen LogP contribution in [0.1, 0.15) is 48.9 Å². The number of carbonyl (C=O) groups is 3. The van der Waals surface area contributed by atoms with Crippen LogP contribution in [-0.4, -0.2) is 30.8 Å². The van der Waals surface area contributed by atoms with Gasteiger partial charge in [0, 0.05) is 17.7 Å². The van der Waals surface area contributed by atoms with E-state index in [1.807, 2.05) is 0 Å². The third-order valence-electron chi connectivity index (χ3n) is 4.71. The fraction of sp³-hybridized carbons (Fsp3) is 0.500. The van der Waals surface area contributed by atoms with Crippen LogP contribution in [0.25, 0.3) is 0 Å². The van der Waals surface area contributed by atoms with E-state index in [9.17, 15) is 14.4 Å². The largest absolute Gasteiger partial charge is 0.368 e. The van der Waals surface area contributed by atoms with Gasteiger partial charge >= 0.3 is 0 Å². The van der Waals surface area contributed by atoms with E-state index in [1.54, 1.807) is 24.3 Å². The smallest absolute Gasteiger partial charge is 0.251 e. The molecule has 2 rings (SSSR count). The molecule has 0 heterocycles. The van der Waals surface area contributed by atoms with Gasteiger partial charge in [-0.2, -0.15) is 0 Å². The Morgan fingerprint density at radius 2 is 1.81 bits per heavy atom. The van der Waals surface area contributed by atoms with Crippen LogP contribution in [0.4, 0.5) is 5.69 Å². The molecule has 1 saturated carbocycles. The minimum Gasteiger partial charge on any atom is -0.368 e. The van der Waals surface area contributed by atoms with Crippen molar-refractivity contribution in [2.75, 3.05) is 18.4 Å². The molecule has 26 heavy (non-hydrogen) atoms. The van der Waals surface area contributed by atoms with Crippen LogP contribution < -0.4 is 22.1 Å². The molecule has 1 aliphatic rings. The zero-order chi connectivity index (χ0) is 18.3. The fourth-order valence-electron chi connectivity index (χ4n) is 3.31. The van der Waals surface area contributed by atoms with E-state index in [4.69, 9.17) is 11.5 Å². The van der Waals surface area contributed by atoms with Crippen LogP contribution in [-0.2, 0) is 9.59 Å². The van der Waals surface area contributed by atoms with Crippen molar-refractivity contribution >= 4 is 35.8 Å². The Bertz CT molecular complexity index is 645. The summed E-state index contributed by atoms with van der Waals surface area (Å²) < 4.78 is 0. The Morgan fingerprint density at radius 3 is 2.42 bits per heavy atom. The maximum Gasteiger partial charge on any atom is 0.251 e. The summed E-state index contributed by atoms with van der Waals surface area (Å²) in [5.41, 5.74) is 11.7. The van der Waals surface area contributed by atoms with E-state index in [0.29, 0.717) is 24.2 Å². The number of primary amides is 1. The van der Waals surface area contributed by atoms with Gasteiger partial charge in [-0.25, -0.2) is 0 Å².